The van der Waals surface area contributed by atoms with E-state index >= 15 is 0 Å². The fourth-order valence-corrected chi connectivity index (χ4v) is 2.40. The highest BCUT2D eigenvalue weighted by atomic mass is 16.5. The third-order valence-corrected chi connectivity index (χ3v) is 3.67. The predicted molar refractivity (Wildman–Crippen MR) is 96.9 cm³/mol. The third kappa shape index (κ3) is 4.30. The standard InChI is InChI=1S/C20H17N3O3/c24-19(16-6-4-10-21-14-16)23(18-8-2-1-3-9-18)12-13-26-20(25)17-7-5-11-22-15-17/h1-11,14-15H,12-13H2. The number of aromatic nitrogens is 2. The monoisotopic (exact) mass is 347 g/mol. The Morgan fingerprint density at radius 2 is 1.50 bits per heavy atom. The van der Waals surface area contributed by atoms with Crippen LogP contribution in [-0.2, 0) is 4.74 Å². The first-order chi connectivity index (χ1) is 12.8. The van der Waals surface area contributed by atoms with Crippen LogP contribution in [0.1, 0.15) is 20.7 Å². The van der Waals surface area contributed by atoms with Gasteiger partial charge in [0.05, 0.1) is 17.7 Å². The molecule has 3 aromatic rings. The summed E-state index contributed by atoms with van der Waals surface area (Å²) in [5.74, 6) is -0.679. The molecule has 26 heavy (non-hydrogen) atoms. The molecule has 130 valence electrons. The zero-order chi connectivity index (χ0) is 18.2. The number of carbonyl (C=O) groups excluding carboxylic acids is 2. The molecule has 0 aliphatic heterocycles. The zero-order valence-electron chi connectivity index (χ0n) is 14.0. The van der Waals surface area contributed by atoms with Gasteiger partial charge in [0.1, 0.15) is 6.61 Å². The number of amides is 1. The number of anilines is 1. The van der Waals surface area contributed by atoms with Crippen molar-refractivity contribution in [2.45, 2.75) is 0 Å². The summed E-state index contributed by atoms with van der Waals surface area (Å²) in [4.78, 5) is 34.3. The SMILES string of the molecule is O=C(OCCN(C(=O)c1cccnc1)c1ccccc1)c1cccnc1. The summed E-state index contributed by atoms with van der Waals surface area (Å²) >= 11 is 0. The molecule has 3 rings (SSSR count). The van der Waals surface area contributed by atoms with E-state index in [1.165, 1.54) is 12.4 Å². The van der Waals surface area contributed by atoms with Crippen molar-refractivity contribution in [2.75, 3.05) is 18.1 Å². The molecule has 0 saturated carbocycles. The summed E-state index contributed by atoms with van der Waals surface area (Å²) in [6.45, 7) is 0.290. The van der Waals surface area contributed by atoms with Gasteiger partial charge in [0.15, 0.2) is 0 Å². The first-order valence-electron chi connectivity index (χ1n) is 8.10. The highest BCUT2D eigenvalue weighted by Gasteiger charge is 2.18. The second-order valence-corrected chi connectivity index (χ2v) is 5.41. The lowest BCUT2D eigenvalue weighted by Gasteiger charge is -2.22. The molecule has 0 N–H and O–H groups in total. The van der Waals surface area contributed by atoms with Crippen molar-refractivity contribution in [1.29, 1.82) is 0 Å². The van der Waals surface area contributed by atoms with Gasteiger partial charge in [-0.25, -0.2) is 4.79 Å². The minimum absolute atomic E-state index is 0.0641. The molecule has 0 unspecified atom stereocenters. The second kappa shape index (κ2) is 8.53. The predicted octanol–water partition coefficient (Wildman–Crippen LogP) is 2.98. The van der Waals surface area contributed by atoms with Crippen LogP contribution < -0.4 is 4.90 Å². The number of nitrogens with zero attached hydrogens (tertiary/aromatic N) is 3. The van der Waals surface area contributed by atoms with Crippen LogP contribution in [0.2, 0.25) is 0 Å². The van der Waals surface area contributed by atoms with Crippen LogP contribution in [0.15, 0.2) is 79.4 Å². The Hall–Kier alpha value is -3.54. The van der Waals surface area contributed by atoms with E-state index in [1.807, 2.05) is 30.3 Å². The number of para-hydroxylation sites is 1. The first-order valence-corrected chi connectivity index (χ1v) is 8.10. The highest BCUT2D eigenvalue weighted by Crippen LogP contribution is 2.16. The van der Waals surface area contributed by atoms with E-state index in [0.29, 0.717) is 11.1 Å². The Bertz CT molecular complexity index is 855. The van der Waals surface area contributed by atoms with Gasteiger partial charge in [-0.05, 0) is 36.4 Å². The van der Waals surface area contributed by atoms with Crippen molar-refractivity contribution in [3.63, 3.8) is 0 Å². The van der Waals surface area contributed by atoms with Crippen molar-refractivity contribution in [2.24, 2.45) is 0 Å². The Kier molecular flexibility index (Phi) is 5.67. The molecule has 0 radical (unpaired) electrons. The number of hydrogen-bond acceptors (Lipinski definition) is 5. The Morgan fingerprint density at radius 3 is 2.12 bits per heavy atom. The number of benzene rings is 1. The maximum atomic E-state index is 12.8. The molecule has 0 spiro atoms. The smallest absolute Gasteiger partial charge is 0.339 e. The van der Waals surface area contributed by atoms with E-state index in [0.717, 1.165) is 5.69 Å². The quantitative estimate of drug-likeness (QED) is 0.641. The van der Waals surface area contributed by atoms with Crippen LogP contribution in [-0.4, -0.2) is 35.0 Å². The average molecular weight is 347 g/mol. The fourth-order valence-electron chi connectivity index (χ4n) is 2.40. The van der Waals surface area contributed by atoms with Crippen molar-refractivity contribution in [3.8, 4) is 0 Å². The second-order valence-electron chi connectivity index (χ2n) is 5.41. The highest BCUT2D eigenvalue weighted by molar-refractivity contribution is 6.05. The minimum Gasteiger partial charge on any atom is -0.460 e. The van der Waals surface area contributed by atoms with Gasteiger partial charge in [0.25, 0.3) is 5.91 Å². The first kappa shape index (κ1) is 17.3. The van der Waals surface area contributed by atoms with Crippen LogP contribution in [0.25, 0.3) is 0 Å². The lowest BCUT2D eigenvalue weighted by atomic mass is 10.2. The zero-order valence-corrected chi connectivity index (χ0v) is 14.0. The van der Waals surface area contributed by atoms with E-state index in [-0.39, 0.29) is 19.1 Å². The minimum atomic E-state index is -0.472. The topological polar surface area (TPSA) is 72.4 Å². The van der Waals surface area contributed by atoms with E-state index in [2.05, 4.69) is 9.97 Å². The Labute approximate surface area is 151 Å². The average Bonchev–Trinajstić information content (AvgIpc) is 2.72. The molecular weight excluding hydrogens is 330 g/mol. The Balaban J connectivity index is 1.70. The molecule has 6 nitrogen and oxygen atoms in total. The van der Waals surface area contributed by atoms with Crippen LogP contribution >= 0.6 is 0 Å². The molecule has 0 atom stereocenters. The number of carbonyl (C=O) groups is 2. The van der Waals surface area contributed by atoms with Crippen molar-refractivity contribution in [1.82, 2.24) is 9.97 Å². The molecule has 2 aromatic heterocycles. The summed E-state index contributed by atoms with van der Waals surface area (Å²) < 4.78 is 5.28. The van der Waals surface area contributed by atoms with E-state index in [4.69, 9.17) is 4.74 Å². The summed E-state index contributed by atoms with van der Waals surface area (Å²) in [7, 11) is 0. The van der Waals surface area contributed by atoms with Gasteiger partial charge in [-0.15, -0.1) is 0 Å². The van der Waals surface area contributed by atoms with Crippen LogP contribution in [0.3, 0.4) is 0 Å². The van der Waals surface area contributed by atoms with Crippen molar-refractivity contribution in [3.05, 3.63) is 90.5 Å². The maximum Gasteiger partial charge on any atom is 0.339 e. The van der Waals surface area contributed by atoms with Gasteiger partial charge < -0.3 is 9.64 Å². The number of pyridine rings is 2. The number of rotatable bonds is 6. The number of esters is 1. The third-order valence-electron chi connectivity index (χ3n) is 3.67. The lowest BCUT2D eigenvalue weighted by Crippen LogP contribution is -2.34. The maximum absolute atomic E-state index is 12.8. The summed E-state index contributed by atoms with van der Waals surface area (Å²) in [5, 5.41) is 0. The molecule has 1 aromatic carbocycles. The van der Waals surface area contributed by atoms with Gasteiger partial charge in [-0.1, -0.05) is 18.2 Å². The fraction of sp³-hybridized carbons (Fsp3) is 0.100. The molecule has 0 saturated heterocycles. The van der Waals surface area contributed by atoms with Crippen LogP contribution in [0.4, 0.5) is 5.69 Å². The largest absolute Gasteiger partial charge is 0.460 e. The molecule has 0 fully saturated rings. The normalized spacial score (nSPS) is 10.2. The van der Waals surface area contributed by atoms with Crippen LogP contribution in [0.5, 0.6) is 0 Å². The molecule has 1 amide bonds. The van der Waals surface area contributed by atoms with Crippen molar-refractivity contribution < 1.29 is 14.3 Å². The molecule has 0 aliphatic rings. The van der Waals surface area contributed by atoms with E-state index in [9.17, 15) is 9.59 Å². The number of hydrogen-bond donors (Lipinski definition) is 0. The molecule has 0 aliphatic carbocycles. The van der Waals surface area contributed by atoms with Crippen LogP contribution in [0, 0.1) is 0 Å². The molecule has 0 bridgehead atoms. The summed E-state index contributed by atoms with van der Waals surface area (Å²) in [5.41, 5.74) is 1.56. The van der Waals surface area contributed by atoms with E-state index < -0.39 is 5.97 Å². The lowest BCUT2D eigenvalue weighted by molar-refractivity contribution is 0.0511. The van der Waals surface area contributed by atoms with Crippen molar-refractivity contribution >= 4 is 17.6 Å². The van der Waals surface area contributed by atoms with Gasteiger partial charge in [-0.2, -0.15) is 0 Å². The Morgan fingerprint density at radius 1 is 0.846 bits per heavy atom. The van der Waals surface area contributed by atoms with Gasteiger partial charge >= 0.3 is 5.97 Å². The molecular formula is C20H17N3O3. The molecule has 6 heteroatoms. The summed E-state index contributed by atoms with van der Waals surface area (Å²) in [6.07, 6.45) is 6.15. The van der Waals surface area contributed by atoms with Gasteiger partial charge in [0, 0.05) is 30.5 Å². The summed E-state index contributed by atoms with van der Waals surface area (Å²) in [6, 6.07) is 15.9. The van der Waals surface area contributed by atoms with Gasteiger partial charge in [0.2, 0.25) is 0 Å². The van der Waals surface area contributed by atoms with Gasteiger partial charge in [-0.3, -0.25) is 14.8 Å². The number of ether oxygens (including phenoxy) is 1. The van der Waals surface area contributed by atoms with E-state index in [1.54, 1.807) is 41.6 Å². The molecule has 2 heterocycles.